The number of hydrogen-bond donors (Lipinski definition) is 1. The van der Waals surface area contributed by atoms with Crippen LogP contribution in [0.25, 0.3) is 0 Å². The number of nitrogens with one attached hydrogen (secondary N) is 1. The molecule has 2 rings (SSSR count). The number of rotatable bonds is 4. The molecule has 0 saturated carbocycles. The van der Waals surface area contributed by atoms with E-state index >= 15 is 0 Å². The lowest BCUT2D eigenvalue weighted by Gasteiger charge is -2.24. The Hall–Kier alpha value is -1.75. The lowest BCUT2D eigenvalue weighted by atomic mass is 10.1. The molecule has 0 fully saturated rings. The summed E-state index contributed by atoms with van der Waals surface area (Å²) in [5, 5.41) is 0. The summed E-state index contributed by atoms with van der Waals surface area (Å²) in [5.74, 6) is -0.812. The Morgan fingerprint density at radius 1 is 1.39 bits per heavy atom. The summed E-state index contributed by atoms with van der Waals surface area (Å²) in [5.41, 5.74) is 1.29. The molecular formula is C13H15F2N3. The average Bonchev–Trinajstić information content (AvgIpc) is 2.84. The first-order valence-corrected chi connectivity index (χ1v) is 5.70. The maximum atomic E-state index is 13.6. The van der Waals surface area contributed by atoms with Crippen molar-refractivity contribution in [3.8, 4) is 0 Å². The maximum absolute atomic E-state index is 13.6. The summed E-state index contributed by atoms with van der Waals surface area (Å²) in [6, 6.07) is 3.30. The second-order valence-electron chi connectivity index (χ2n) is 4.33. The quantitative estimate of drug-likeness (QED) is 0.906. The lowest BCUT2D eigenvalue weighted by Crippen LogP contribution is -2.23. The molecule has 5 heteroatoms. The summed E-state index contributed by atoms with van der Waals surface area (Å²) in [7, 11) is 1.86. The number of nitrogens with zero attached hydrogens (tertiary/aromatic N) is 2. The van der Waals surface area contributed by atoms with Gasteiger partial charge >= 0.3 is 0 Å². The van der Waals surface area contributed by atoms with Crippen LogP contribution >= 0.6 is 0 Å². The van der Waals surface area contributed by atoms with Crippen molar-refractivity contribution in [3.63, 3.8) is 0 Å². The molecule has 18 heavy (non-hydrogen) atoms. The van der Waals surface area contributed by atoms with E-state index in [0.717, 1.165) is 17.8 Å². The van der Waals surface area contributed by atoms with Crippen molar-refractivity contribution in [2.75, 3.05) is 7.05 Å². The molecule has 96 valence electrons. The fourth-order valence-corrected chi connectivity index (χ4v) is 1.85. The highest BCUT2D eigenvalue weighted by Gasteiger charge is 2.17. The van der Waals surface area contributed by atoms with Crippen molar-refractivity contribution in [1.29, 1.82) is 0 Å². The van der Waals surface area contributed by atoms with Gasteiger partial charge < -0.3 is 4.98 Å². The van der Waals surface area contributed by atoms with E-state index in [9.17, 15) is 8.78 Å². The summed E-state index contributed by atoms with van der Waals surface area (Å²) in [4.78, 5) is 8.82. The SMILES string of the molecule is CC(c1cc(F)ccc1F)N(C)Cc1cnc[nH]1. The van der Waals surface area contributed by atoms with Crippen LogP contribution in [-0.2, 0) is 6.54 Å². The molecule has 0 aliphatic rings. The molecule has 1 heterocycles. The van der Waals surface area contributed by atoms with Crippen molar-refractivity contribution in [2.45, 2.75) is 19.5 Å². The summed E-state index contributed by atoms with van der Waals surface area (Å²) in [6.07, 6.45) is 3.31. The van der Waals surface area contributed by atoms with Crippen LogP contribution in [0.3, 0.4) is 0 Å². The van der Waals surface area contributed by atoms with E-state index in [4.69, 9.17) is 0 Å². The number of hydrogen-bond acceptors (Lipinski definition) is 2. The highest BCUT2D eigenvalue weighted by Crippen LogP contribution is 2.23. The van der Waals surface area contributed by atoms with Crippen LogP contribution in [0.1, 0.15) is 24.2 Å². The second-order valence-corrected chi connectivity index (χ2v) is 4.33. The van der Waals surface area contributed by atoms with E-state index in [-0.39, 0.29) is 11.9 Å². The third-order valence-electron chi connectivity index (χ3n) is 3.04. The first-order valence-electron chi connectivity index (χ1n) is 5.70. The highest BCUT2D eigenvalue weighted by atomic mass is 19.1. The maximum Gasteiger partial charge on any atom is 0.128 e. The number of aromatic amines is 1. The van der Waals surface area contributed by atoms with Crippen LogP contribution in [0.4, 0.5) is 8.78 Å². The van der Waals surface area contributed by atoms with Crippen molar-refractivity contribution in [3.05, 3.63) is 53.6 Å². The monoisotopic (exact) mass is 251 g/mol. The van der Waals surface area contributed by atoms with Gasteiger partial charge in [0.25, 0.3) is 0 Å². The van der Waals surface area contributed by atoms with Gasteiger partial charge in [-0.3, -0.25) is 4.90 Å². The molecule has 3 nitrogen and oxygen atoms in total. The highest BCUT2D eigenvalue weighted by molar-refractivity contribution is 5.22. The zero-order valence-corrected chi connectivity index (χ0v) is 10.3. The number of benzene rings is 1. The first kappa shape index (κ1) is 12.7. The Morgan fingerprint density at radius 2 is 2.17 bits per heavy atom. The summed E-state index contributed by atoms with van der Waals surface area (Å²) >= 11 is 0. The van der Waals surface area contributed by atoms with Gasteiger partial charge in [0.15, 0.2) is 0 Å². The van der Waals surface area contributed by atoms with Crippen LogP contribution in [0, 0.1) is 11.6 Å². The summed E-state index contributed by atoms with van der Waals surface area (Å²) in [6.45, 7) is 2.44. The van der Waals surface area contributed by atoms with Crippen LogP contribution in [0.2, 0.25) is 0 Å². The molecule has 1 aromatic heterocycles. The molecule has 0 bridgehead atoms. The Morgan fingerprint density at radius 3 is 2.83 bits per heavy atom. The molecule has 1 N–H and O–H groups in total. The largest absolute Gasteiger partial charge is 0.347 e. The average molecular weight is 251 g/mol. The predicted octanol–water partition coefficient (Wildman–Crippen LogP) is 2.88. The fourth-order valence-electron chi connectivity index (χ4n) is 1.85. The molecule has 0 aliphatic carbocycles. The van der Waals surface area contributed by atoms with E-state index in [1.165, 1.54) is 6.07 Å². The number of halogens is 2. The van der Waals surface area contributed by atoms with Gasteiger partial charge in [-0.05, 0) is 32.2 Å². The van der Waals surface area contributed by atoms with Crippen molar-refractivity contribution in [1.82, 2.24) is 14.9 Å². The second kappa shape index (κ2) is 5.27. The van der Waals surface area contributed by atoms with Gasteiger partial charge in [0.05, 0.1) is 6.33 Å². The summed E-state index contributed by atoms with van der Waals surface area (Å²) < 4.78 is 26.8. The van der Waals surface area contributed by atoms with Gasteiger partial charge in [-0.25, -0.2) is 13.8 Å². The van der Waals surface area contributed by atoms with Gasteiger partial charge in [-0.1, -0.05) is 0 Å². The van der Waals surface area contributed by atoms with E-state index in [2.05, 4.69) is 9.97 Å². The minimum Gasteiger partial charge on any atom is -0.347 e. The van der Waals surface area contributed by atoms with Crippen LogP contribution < -0.4 is 0 Å². The lowest BCUT2D eigenvalue weighted by molar-refractivity contribution is 0.245. The minimum atomic E-state index is -0.423. The molecule has 0 spiro atoms. The molecule has 0 aliphatic heterocycles. The van der Waals surface area contributed by atoms with Gasteiger partial charge in [0, 0.05) is 30.0 Å². The zero-order chi connectivity index (χ0) is 13.1. The molecular weight excluding hydrogens is 236 g/mol. The predicted molar refractivity (Wildman–Crippen MR) is 64.8 cm³/mol. The minimum absolute atomic E-state index is 0.219. The van der Waals surface area contributed by atoms with Gasteiger partial charge in [0.2, 0.25) is 0 Å². The molecule has 0 saturated heterocycles. The molecule has 1 atom stereocenters. The Bertz CT molecular complexity index is 511. The Balaban J connectivity index is 2.14. The van der Waals surface area contributed by atoms with Gasteiger partial charge in [-0.2, -0.15) is 0 Å². The van der Waals surface area contributed by atoms with Crippen LogP contribution in [0.15, 0.2) is 30.7 Å². The zero-order valence-electron chi connectivity index (χ0n) is 10.3. The fraction of sp³-hybridized carbons (Fsp3) is 0.308. The van der Waals surface area contributed by atoms with E-state index in [1.54, 1.807) is 12.5 Å². The molecule has 2 aromatic rings. The number of H-pyrrole nitrogens is 1. The smallest absolute Gasteiger partial charge is 0.128 e. The van der Waals surface area contributed by atoms with Crippen LogP contribution in [-0.4, -0.2) is 21.9 Å². The number of imidazole rings is 1. The standard InChI is InChI=1S/C13H15F2N3/c1-9(12-5-10(14)3-4-13(12)15)18(2)7-11-6-16-8-17-11/h3-6,8-9H,7H2,1-2H3,(H,16,17). The Labute approximate surface area is 104 Å². The number of aromatic nitrogens is 2. The molecule has 0 amide bonds. The topological polar surface area (TPSA) is 31.9 Å². The molecule has 1 unspecified atom stereocenters. The van der Waals surface area contributed by atoms with E-state index in [1.807, 2.05) is 18.9 Å². The van der Waals surface area contributed by atoms with E-state index in [0.29, 0.717) is 12.1 Å². The third-order valence-corrected chi connectivity index (χ3v) is 3.04. The van der Waals surface area contributed by atoms with Crippen molar-refractivity contribution >= 4 is 0 Å². The van der Waals surface area contributed by atoms with Crippen LogP contribution in [0.5, 0.6) is 0 Å². The van der Waals surface area contributed by atoms with Crippen molar-refractivity contribution in [2.24, 2.45) is 0 Å². The third kappa shape index (κ3) is 2.73. The van der Waals surface area contributed by atoms with Gasteiger partial charge in [0.1, 0.15) is 11.6 Å². The molecule has 0 radical (unpaired) electrons. The van der Waals surface area contributed by atoms with E-state index < -0.39 is 5.82 Å². The van der Waals surface area contributed by atoms with Gasteiger partial charge in [-0.15, -0.1) is 0 Å². The van der Waals surface area contributed by atoms with Crippen molar-refractivity contribution < 1.29 is 8.78 Å². The molecule has 1 aromatic carbocycles. The first-order chi connectivity index (χ1) is 8.58. The normalized spacial score (nSPS) is 12.9. The Kier molecular flexibility index (Phi) is 3.72.